The van der Waals surface area contributed by atoms with Crippen molar-refractivity contribution >= 4 is 5.97 Å². The first-order valence-electron chi connectivity index (χ1n) is 7.01. The maximum Gasteiger partial charge on any atom is 0.339 e. The van der Waals surface area contributed by atoms with Gasteiger partial charge in [-0.25, -0.2) is 4.79 Å². The van der Waals surface area contributed by atoms with Gasteiger partial charge < -0.3 is 19.7 Å². The third kappa shape index (κ3) is 5.57. The van der Waals surface area contributed by atoms with Crippen molar-refractivity contribution in [3.8, 4) is 17.2 Å². The average molecular weight is 368 g/mol. The molecule has 2 aromatic rings. The summed E-state index contributed by atoms with van der Waals surface area (Å²) in [4.78, 5) is 10.8. The van der Waals surface area contributed by atoms with E-state index in [4.69, 9.17) is 14.6 Å². The van der Waals surface area contributed by atoms with Gasteiger partial charge in [0.2, 0.25) is 0 Å². The molecule has 0 unspecified atom stereocenters. The van der Waals surface area contributed by atoms with Crippen LogP contribution in [0.3, 0.4) is 0 Å². The van der Waals surface area contributed by atoms with Crippen molar-refractivity contribution < 1.29 is 44.0 Å². The van der Waals surface area contributed by atoms with Crippen LogP contribution in [0.25, 0.3) is 0 Å². The van der Waals surface area contributed by atoms with E-state index in [0.29, 0.717) is 19.0 Å². The summed E-state index contributed by atoms with van der Waals surface area (Å²) in [6, 6.07) is 11.9. The Kier molecular flexibility index (Phi) is 7.56. The van der Waals surface area contributed by atoms with Gasteiger partial charge in [0.25, 0.3) is 0 Å². The molecule has 0 aliphatic heterocycles. The first kappa shape index (κ1) is 19.0. The Morgan fingerprint density at radius 3 is 2.09 bits per heavy atom. The number of aromatic hydroxyl groups is 1. The number of hydrogen-bond donors (Lipinski definition) is 2. The second-order valence-corrected chi connectivity index (χ2v) is 4.68. The SMILES string of the molecule is CCc1ccc(OCCOc2ccc(C(=O)O)c(O)c2)cc1.[Zn]. The summed E-state index contributed by atoms with van der Waals surface area (Å²) in [6.07, 6.45) is 0.985. The van der Waals surface area contributed by atoms with Gasteiger partial charge in [-0.1, -0.05) is 19.1 Å². The fraction of sp³-hybridized carbons (Fsp3) is 0.235. The Morgan fingerprint density at radius 1 is 1.00 bits per heavy atom. The standard InChI is InChI=1S/C17H18O5.Zn/c1-2-12-3-5-13(6-4-12)21-9-10-22-14-7-8-15(17(19)20)16(18)11-14;/h3-8,11,18H,2,9-10H2,1H3,(H,19,20);. The van der Waals surface area contributed by atoms with Crippen molar-refractivity contribution in [2.24, 2.45) is 0 Å². The summed E-state index contributed by atoms with van der Waals surface area (Å²) in [6.45, 7) is 2.74. The number of hydrogen-bond acceptors (Lipinski definition) is 4. The number of ether oxygens (including phenoxy) is 2. The van der Waals surface area contributed by atoms with Gasteiger partial charge in [0.15, 0.2) is 0 Å². The molecule has 2 N–H and O–H groups in total. The largest absolute Gasteiger partial charge is 0.507 e. The van der Waals surface area contributed by atoms with Gasteiger partial charge in [0.05, 0.1) is 0 Å². The molecule has 0 saturated heterocycles. The van der Waals surface area contributed by atoms with E-state index < -0.39 is 5.97 Å². The number of phenols is 1. The van der Waals surface area contributed by atoms with Crippen LogP contribution in [0.2, 0.25) is 0 Å². The van der Waals surface area contributed by atoms with Crippen molar-refractivity contribution in [3.63, 3.8) is 0 Å². The maximum atomic E-state index is 10.8. The topological polar surface area (TPSA) is 76.0 Å². The van der Waals surface area contributed by atoms with Gasteiger partial charge in [0, 0.05) is 25.5 Å². The van der Waals surface area contributed by atoms with Crippen molar-refractivity contribution in [2.45, 2.75) is 13.3 Å². The number of aryl methyl sites for hydroxylation is 1. The van der Waals surface area contributed by atoms with E-state index in [1.54, 1.807) is 0 Å². The van der Waals surface area contributed by atoms with Crippen LogP contribution in [0.15, 0.2) is 42.5 Å². The predicted molar refractivity (Wildman–Crippen MR) is 81.9 cm³/mol. The average Bonchev–Trinajstić information content (AvgIpc) is 2.52. The summed E-state index contributed by atoms with van der Waals surface area (Å²) in [5, 5.41) is 18.4. The van der Waals surface area contributed by atoms with Crippen molar-refractivity contribution in [2.75, 3.05) is 13.2 Å². The first-order valence-corrected chi connectivity index (χ1v) is 7.01. The van der Waals surface area contributed by atoms with E-state index >= 15 is 0 Å². The van der Waals surface area contributed by atoms with E-state index in [2.05, 4.69) is 6.92 Å². The van der Waals surface area contributed by atoms with Crippen LogP contribution >= 0.6 is 0 Å². The Morgan fingerprint density at radius 2 is 1.57 bits per heavy atom. The molecule has 0 amide bonds. The smallest absolute Gasteiger partial charge is 0.339 e. The van der Waals surface area contributed by atoms with Crippen molar-refractivity contribution in [1.29, 1.82) is 0 Å². The van der Waals surface area contributed by atoms with Crippen LogP contribution < -0.4 is 9.47 Å². The molecular weight excluding hydrogens is 350 g/mol. The molecule has 0 saturated carbocycles. The third-order valence-electron chi connectivity index (χ3n) is 3.15. The zero-order valence-corrected chi connectivity index (χ0v) is 16.0. The molecule has 0 aromatic heterocycles. The van der Waals surface area contributed by atoms with E-state index in [1.807, 2.05) is 24.3 Å². The van der Waals surface area contributed by atoms with Gasteiger partial charge in [-0.2, -0.15) is 0 Å². The molecule has 0 spiro atoms. The quantitative estimate of drug-likeness (QED) is 0.581. The normalized spacial score (nSPS) is 9.78. The number of aromatic carboxylic acids is 1. The van der Waals surface area contributed by atoms with E-state index in [0.717, 1.165) is 12.2 Å². The van der Waals surface area contributed by atoms with Crippen LogP contribution in [0.5, 0.6) is 17.2 Å². The van der Waals surface area contributed by atoms with E-state index in [9.17, 15) is 9.90 Å². The predicted octanol–water partition coefficient (Wildman–Crippen LogP) is 3.11. The monoisotopic (exact) mass is 366 g/mol. The van der Waals surface area contributed by atoms with Crippen LogP contribution in [-0.2, 0) is 25.9 Å². The van der Waals surface area contributed by atoms with Crippen LogP contribution in [0, 0.1) is 0 Å². The molecule has 0 radical (unpaired) electrons. The molecule has 5 nitrogen and oxygen atoms in total. The molecule has 0 heterocycles. The summed E-state index contributed by atoms with van der Waals surface area (Å²) in [5.41, 5.74) is 1.09. The maximum absolute atomic E-state index is 10.8. The molecule has 0 aliphatic rings. The molecular formula is C17H18O5Zn. The van der Waals surface area contributed by atoms with E-state index in [1.165, 1.54) is 23.8 Å². The Bertz CT molecular complexity index is 640. The van der Waals surface area contributed by atoms with Gasteiger partial charge in [-0.05, 0) is 36.2 Å². The fourth-order valence-electron chi connectivity index (χ4n) is 1.92. The zero-order chi connectivity index (χ0) is 15.9. The second kappa shape index (κ2) is 9.16. The number of carboxylic acid groups (broad SMARTS) is 1. The minimum atomic E-state index is -1.18. The minimum Gasteiger partial charge on any atom is -0.507 e. The molecule has 0 bridgehead atoms. The molecule has 0 aliphatic carbocycles. The number of benzene rings is 2. The Labute approximate surface area is 147 Å². The first-order chi connectivity index (χ1) is 10.6. The second-order valence-electron chi connectivity index (χ2n) is 4.68. The zero-order valence-electron chi connectivity index (χ0n) is 13.0. The number of carbonyl (C=O) groups is 1. The summed E-state index contributed by atoms with van der Waals surface area (Å²) in [5.74, 6) is -0.332. The Balaban J connectivity index is 0.00000264. The summed E-state index contributed by atoms with van der Waals surface area (Å²) < 4.78 is 10.9. The molecule has 0 fully saturated rings. The third-order valence-corrected chi connectivity index (χ3v) is 3.15. The Hall–Kier alpha value is -2.07. The summed E-state index contributed by atoms with van der Waals surface area (Å²) >= 11 is 0. The number of rotatable bonds is 7. The van der Waals surface area contributed by atoms with Gasteiger partial charge in [-0.3, -0.25) is 0 Å². The van der Waals surface area contributed by atoms with Crippen molar-refractivity contribution in [1.82, 2.24) is 0 Å². The molecule has 2 rings (SSSR count). The minimum absolute atomic E-state index is 0. The van der Waals surface area contributed by atoms with Crippen LogP contribution in [0.4, 0.5) is 0 Å². The number of carboxylic acids is 1. The fourth-order valence-corrected chi connectivity index (χ4v) is 1.92. The van der Waals surface area contributed by atoms with Gasteiger partial charge in [-0.15, -0.1) is 0 Å². The molecule has 6 heteroatoms. The molecule has 118 valence electrons. The summed E-state index contributed by atoms with van der Waals surface area (Å²) in [7, 11) is 0. The molecule has 0 atom stereocenters. The van der Waals surface area contributed by atoms with Crippen LogP contribution in [-0.4, -0.2) is 29.4 Å². The van der Waals surface area contributed by atoms with Gasteiger partial charge in [0.1, 0.15) is 36.0 Å². The van der Waals surface area contributed by atoms with Crippen molar-refractivity contribution in [3.05, 3.63) is 53.6 Å². The van der Waals surface area contributed by atoms with Crippen LogP contribution in [0.1, 0.15) is 22.8 Å². The van der Waals surface area contributed by atoms with Gasteiger partial charge >= 0.3 is 5.97 Å². The molecule has 23 heavy (non-hydrogen) atoms. The van der Waals surface area contributed by atoms with E-state index in [-0.39, 0.29) is 30.8 Å². The molecule has 2 aromatic carbocycles.